The molecule has 4 rings (SSSR count). The van der Waals surface area contributed by atoms with Crippen LogP contribution in [0.1, 0.15) is 63.6 Å². The number of esters is 1. The van der Waals surface area contributed by atoms with E-state index in [9.17, 15) is 24.3 Å². The maximum Gasteiger partial charge on any atom is 0.408 e. The monoisotopic (exact) mass is 724 g/mol. The van der Waals surface area contributed by atoms with Crippen LogP contribution >= 0.6 is 0 Å². The number of aromatic nitrogens is 1. The molecule has 53 heavy (non-hydrogen) atoms. The van der Waals surface area contributed by atoms with Gasteiger partial charge in [-0.1, -0.05) is 107 Å². The molecule has 4 aromatic rings. The second kappa shape index (κ2) is 20.7. The number of hydrogen-bond donors (Lipinski definition) is 4. The van der Waals surface area contributed by atoms with Crippen molar-refractivity contribution in [1.29, 1.82) is 0 Å². The molecule has 0 saturated carbocycles. The summed E-state index contributed by atoms with van der Waals surface area (Å²) in [6.45, 7) is 8.12. The summed E-state index contributed by atoms with van der Waals surface area (Å²) in [6.07, 6.45) is 2.32. The number of carbonyl (C=O) groups excluding carboxylic acids is 4. The second-order valence-corrected chi connectivity index (χ2v) is 13.9. The summed E-state index contributed by atoms with van der Waals surface area (Å²) >= 11 is 0. The van der Waals surface area contributed by atoms with Gasteiger partial charge in [-0.15, -0.1) is 0 Å². The van der Waals surface area contributed by atoms with Gasteiger partial charge < -0.3 is 30.5 Å². The number of hydrogen-bond acceptors (Lipinski definition) is 8. The van der Waals surface area contributed by atoms with Gasteiger partial charge in [0.1, 0.15) is 18.7 Å². The van der Waals surface area contributed by atoms with Crippen LogP contribution in [0.2, 0.25) is 0 Å². The average molecular weight is 725 g/mol. The third-order valence-electron chi connectivity index (χ3n) is 9.07. The van der Waals surface area contributed by atoms with E-state index >= 15 is 0 Å². The smallest absolute Gasteiger partial charge is 0.408 e. The van der Waals surface area contributed by atoms with Gasteiger partial charge in [0.25, 0.3) is 0 Å². The molecule has 0 aliphatic rings. The number of alkyl carbamates (subject to hydrolysis) is 1. The van der Waals surface area contributed by atoms with Crippen molar-refractivity contribution < 1.29 is 33.8 Å². The summed E-state index contributed by atoms with van der Waals surface area (Å²) in [5, 5.41) is 21.6. The van der Waals surface area contributed by atoms with Crippen molar-refractivity contribution in [3.63, 3.8) is 0 Å². The summed E-state index contributed by atoms with van der Waals surface area (Å²) < 4.78 is 10.8. The highest BCUT2D eigenvalue weighted by molar-refractivity contribution is 5.93. The summed E-state index contributed by atoms with van der Waals surface area (Å²) in [5.41, 5.74) is 2.34. The fourth-order valence-electron chi connectivity index (χ4n) is 5.87. The molecule has 11 nitrogen and oxygen atoms in total. The predicted molar refractivity (Wildman–Crippen MR) is 203 cm³/mol. The van der Waals surface area contributed by atoms with Crippen LogP contribution in [0.15, 0.2) is 97.3 Å². The molecule has 0 aliphatic heterocycles. The van der Waals surface area contributed by atoms with Crippen molar-refractivity contribution >= 4 is 34.6 Å². The van der Waals surface area contributed by atoms with Gasteiger partial charge in [0, 0.05) is 25.2 Å². The van der Waals surface area contributed by atoms with Crippen LogP contribution in [-0.2, 0) is 43.3 Å². The molecular formula is C42H52N4O7. The largest absolute Gasteiger partial charge is 0.465 e. The molecule has 0 fully saturated rings. The third kappa shape index (κ3) is 13.3. The fourth-order valence-corrected chi connectivity index (χ4v) is 5.87. The van der Waals surface area contributed by atoms with Gasteiger partial charge in [-0.05, 0) is 57.9 Å². The Morgan fingerprint density at radius 2 is 1.40 bits per heavy atom. The van der Waals surface area contributed by atoms with E-state index in [0.717, 1.165) is 33.9 Å². The van der Waals surface area contributed by atoms with Crippen molar-refractivity contribution in [2.24, 2.45) is 11.8 Å². The summed E-state index contributed by atoms with van der Waals surface area (Å²) in [6, 6.07) is 23.2. The van der Waals surface area contributed by atoms with Crippen molar-refractivity contribution in [3.8, 4) is 0 Å². The zero-order chi connectivity index (χ0) is 38.2. The SMILES string of the molecule is CCC(C)COC(=O)CC(O)C(CC(C)C)NC(=O)[C@H](Cc1ccncc1)NC(=O)[C@H](Cc1cccc2ccccc12)NC(=O)OCc1ccccc1. The quantitative estimate of drug-likeness (QED) is 0.0902. The van der Waals surface area contributed by atoms with Crippen LogP contribution in [0, 0.1) is 11.8 Å². The minimum absolute atomic E-state index is 0.00704. The Labute approximate surface area is 311 Å². The first-order valence-corrected chi connectivity index (χ1v) is 18.3. The van der Waals surface area contributed by atoms with Crippen LogP contribution in [0.3, 0.4) is 0 Å². The van der Waals surface area contributed by atoms with Gasteiger partial charge in [-0.2, -0.15) is 0 Å². The van der Waals surface area contributed by atoms with Crippen LogP contribution in [0.25, 0.3) is 10.8 Å². The number of aliphatic hydroxyl groups is 1. The molecule has 0 spiro atoms. The highest BCUT2D eigenvalue weighted by Crippen LogP contribution is 2.20. The predicted octanol–water partition coefficient (Wildman–Crippen LogP) is 5.67. The van der Waals surface area contributed by atoms with Crippen LogP contribution in [-0.4, -0.2) is 64.8 Å². The topological polar surface area (TPSA) is 156 Å². The highest BCUT2D eigenvalue weighted by atomic mass is 16.5. The Bertz CT molecular complexity index is 1760. The summed E-state index contributed by atoms with van der Waals surface area (Å²) in [4.78, 5) is 58.1. The molecule has 5 atom stereocenters. The summed E-state index contributed by atoms with van der Waals surface area (Å²) in [7, 11) is 0. The van der Waals surface area contributed by atoms with Gasteiger partial charge in [-0.3, -0.25) is 19.4 Å². The van der Waals surface area contributed by atoms with E-state index in [1.54, 1.807) is 24.5 Å². The van der Waals surface area contributed by atoms with E-state index < -0.39 is 48.1 Å². The minimum Gasteiger partial charge on any atom is -0.465 e. The lowest BCUT2D eigenvalue weighted by atomic mass is 9.96. The molecule has 282 valence electrons. The molecule has 3 unspecified atom stereocenters. The van der Waals surface area contributed by atoms with E-state index in [-0.39, 0.29) is 44.3 Å². The number of nitrogens with zero attached hydrogens (tertiary/aromatic N) is 1. The molecule has 1 heterocycles. The zero-order valence-corrected chi connectivity index (χ0v) is 31.0. The van der Waals surface area contributed by atoms with Crippen LogP contribution in [0.5, 0.6) is 0 Å². The first-order chi connectivity index (χ1) is 25.5. The highest BCUT2D eigenvalue weighted by Gasteiger charge is 2.32. The number of benzene rings is 3. The third-order valence-corrected chi connectivity index (χ3v) is 9.07. The average Bonchev–Trinajstić information content (AvgIpc) is 3.16. The van der Waals surface area contributed by atoms with Crippen molar-refractivity contribution in [3.05, 3.63) is 114 Å². The maximum atomic E-state index is 14.2. The molecule has 11 heteroatoms. The molecule has 3 amide bonds. The lowest BCUT2D eigenvalue weighted by Gasteiger charge is -2.29. The van der Waals surface area contributed by atoms with Crippen molar-refractivity contribution in [1.82, 2.24) is 20.9 Å². The number of fused-ring (bicyclic) bond motifs is 1. The Hall–Kier alpha value is -5.29. The fraction of sp³-hybridized carbons (Fsp3) is 0.405. The van der Waals surface area contributed by atoms with Gasteiger partial charge in [0.15, 0.2) is 0 Å². The number of nitrogens with one attached hydrogen (secondary N) is 3. The molecule has 4 N–H and O–H groups in total. The van der Waals surface area contributed by atoms with Gasteiger partial charge >= 0.3 is 12.1 Å². The molecule has 3 aromatic carbocycles. The standard InChI is InChI=1S/C42H52N4O7/c1-5-29(4)26-52-39(48)25-38(47)35(22-28(2)3)44-40(49)36(23-30-18-20-43-21-19-30)45-41(50)37(46-42(51)53-27-31-12-7-6-8-13-31)24-33-16-11-15-32-14-9-10-17-34(32)33/h6-21,28-29,35-38,47H,5,22-27H2,1-4H3,(H,44,49)(H,45,50)(H,46,51)/t29?,35?,36-,37-,38?/m0/s1. The lowest BCUT2D eigenvalue weighted by Crippen LogP contribution is -2.57. The Kier molecular flexibility index (Phi) is 15.8. The van der Waals surface area contributed by atoms with Crippen molar-refractivity contribution in [2.75, 3.05) is 6.61 Å². The number of aliphatic hydroxyl groups excluding tert-OH is 1. The first kappa shape index (κ1) is 40.5. The van der Waals surface area contributed by atoms with Gasteiger partial charge in [0.05, 0.1) is 25.2 Å². The number of carbonyl (C=O) groups is 4. The first-order valence-electron chi connectivity index (χ1n) is 18.3. The number of ether oxygens (including phenoxy) is 2. The second-order valence-electron chi connectivity index (χ2n) is 13.9. The molecule has 1 aromatic heterocycles. The number of rotatable bonds is 19. The van der Waals surface area contributed by atoms with E-state index in [2.05, 4.69) is 20.9 Å². The van der Waals surface area contributed by atoms with Crippen LogP contribution < -0.4 is 16.0 Å². The normalized spacial score (nSPS) is 14.0. The van der Waals surface area contributed by atoms with Gasteiger partial charge in [0.2, 0.25) is 11.8 Å². The molecule has 0 aliphatic carbocycles. The Balaban J connectivity index is 1.56. The van der Waals surface area contributed by atoms with E-state index in [1.165, 1.54) is 0 Å². The van der Waals surface area contributed by atoms with Gasteiger partial charge in [-0.25, -0.2) is 4.79 Å². The van der Waals surface area contributed by atoms with E-state index in [0.29, 0.717) is 6.42 Å². The number of pyridine rings is 1. The molecule has 0 radical (unpaired) electrons. The molecular weight excluding hydrogens is 672 g/mol. The van der Waals surface area contributed by atoms with Crippen molar-refractivity contribution in [2.45, 2.75) is 90.6 Å². The maximum absolute atomic E-state index is 14.2. The van der Waals surface area contributed by atoms with E-state index in [4.69, 9.17) is 9.47 Å². The minimum atomic E-state index is -1.22. The molecule has 0 bridgehead atoms. The zero-order valence-electron chi connectivity index (χ0n) is 31.0. The Morgan fingerprint density at radius 3 is 2.11 bits per heavy atom. The van der Waals surface area contributed by atoms with E-state index in [1.807, 2.05) is 100 Å². The Morgan fingerprint density at radius 1 is 0.736 bits per heavy atom. The molecule has 0 saturated heterocycles. The summed E-state index contributed by atoms with van der Waals surface area (Å²) in [5.74, 6) is -1.45. The lowest BCUT2D eigenvalue weighted by molar-refractivity contribution is -0.148. The van der Waals surface area contributed by atoms with Crippen LogP contribution in [0.4, 0.5) is 4.79 Å². The number of amides is 3.